The maximum absolute atomic E-state index is 12.7. The zero-order valence-corrected chi connectivity index (χ0v) is 17.5. The van der Waals surface area contributed by atoms with Crippen LogP contribution in [0.1, 0.15) is 36.8 Å². The van der Waals surface area contributed by atoms with Gasteiger partial charge in [-0.2, -0.15) is 0 Å². The largest absolute Gasteiger partial charge is 0.350 e. The Morgan fingerprint density at radius 1 is 1.39 bits per heavy atom. The van der Waals surface area contributed by atoms with E-state index in [1.54, 1.807) is 23.3 Å². The molecular weight excluding hydrogens is 372 g/mol. The third-order valence-corrected chi connectivity index (χ3v) is 6.32. The van der Waals surface area contributed by atoms with E-state index < -0.39 is 0 Å². The molecule has 2 heterocycles. The van der Waals surface area contributed by atoms with Crippen LogP contribution in [0.5, 0.6) is 0 Å². The first-order valence-corrected chi connectivity index (χ1v) is 10.6. The third kappa shape index (κ3) is 4.59. The molecule has 1 aromatic rings. The lowest BCUT2D eigenvalue weighted by Crippen LogP contribution is -2.51. The number of carbonyl (C=O) groups excluding carboxylic acids is 2. The summed E-state index contributed by atoms with van der Waals surface area (Å²) >= 11 is 1.65. The molecule has 1 fully saturated rings. The molecule has 28 heavy (non-hydrogen) atoms. The summed E-state index contributed by atoms with van der Waals surface area (Å²) in [5.41, 5.74) is 5.21. The van der Waals surface area contributed by atoms with Gasteiger partial charge in [0.25, 0.3) is 0 Å². The number of likely N-dealkylation sites (tertiary alicyclic amines) is 1. The molecule has 1 aromatic heterocycles. The lowest BCUT2D eigenvalue weighted by atomic mass is 10.1. The molecule has 3 rings (SSSR count). The minimum Gasteiger partial charge on any atom is -0.350 e. The van der Waals surface area contributed by atoms with Crippen molar-refractivity contribution in [3.63, 3.8) is 0 Å². The fourth-order valence-corrected chi connectivity index (χ4v) is 4.39. The van der Waals surface area contributed by atoms with E-state index in [1.165, 1.54) is 10.5 Å². The third-order valence-electron chi connectivity index (χ3n) is 5.31. The van der Waals surface area contributed by atoms with Crippen LogP contribution >= 0.6 is 11.3 Å². The Morgan fingerprint density at radius 3 is 2.93 bits per heavy atom. The van der Waals surface area contributed by atoms with Gasteiger partial charge in [-0.15, -0.1) is 11.3 Å². The van der Waals surface area contributed by atoms with E-state index in [0.29, 0.717) is 13.1 Å². The summed E-state index contributed by atoms with van der Waals surface area (Å²) in [5.74, 6) is -0.0866. The Bertz CT molecular complexity index is 824. The highest BCUT2D eigenvalue weighted by molar-refractivity contribution is 7.10. The van der Waals surface area contributed by atoms with Crippen molar-refractivity contribution in [3.05, 3.63) is 46.0 Å². The van der Waals surface area contributed by atoms with Crippen molar-refractivity contribution in [1.82, 2.24) is 20.5 Å². The highest BCUT2D eigenvalue weighted by atomic mass is 32.1. The molecule has 1 aliphatic carbocycles. The van der Waals surface area contributed by atoms with Gasteiger partial charge in [-0.05, 0) is 51.3 Å². The number of carbonyl (C=O) groups is 2. The molecule has 7 heteroatoms. The van der Waals surface area contributed by atoms with Crippen molar-refractivity contribution in [3.8, 4) is 0 Å². The predicted molar refractivity (Wildman–Crippen MR) is 113 cm³/mol. The van der Waals surface area contributed by atoms with E-state index >= 15 is 0 Å². The standard InChI is InChI=1S/C21H28N4O2S/c1-14-19(28-13-24-14)17-7-4-6-16(9-10-17)12-23-20(26)18-8-5-11-25(18)21(27)15(2)22-3/h4,6,9-10,13,15,18,22H,5,7-8,11-12H2,1-3H3,(H,23,26)/t15-,18?/m0/s1. The second kappa shape index (κ2) is 9.30. The maximum Gasteiger partial charge on any atom is 0.243 e. The maximum atomic E-state index is 12.7. The molecule has 1 aliphatic heterocycles. The smallest absolute Gasteiger partial charge is 0.243 e. The monoisotopic (exact) mass is 400 g/mol. The average Bonchev–Trinajstić information content (AvgIpc) is 3.29. The minimum atomic E-state index is -0.371. The summed E-state index contributed by atoms with van der Waals surface area (Å²) in [6, 6.07) is -0.649. The van der Waals surface area contributed by atoms with E-state index in [1.807, 2.05) is 19.4 Å². The molecule has 1 unspecified atom stereocenters. The van der Waals surface area contributed by atoms with E-state index in [0.717, 1.165) is 30.5 Å². The number of allylic oxidation sites excluding steroid dienone is 4. The van der Waals surface area contributed by atoms with Crippen molar-refractivity contribution < 1.29 is 9.59 Å². The summed E-state index contributed by atoms with van der Waals surface area (Å²) in [6.45, 7) is 4.95. The number of rotatable bonds is 6. The van der Waals surface area contributed by atoms with Crippen LogP contribution in [0.25, 0.3) is 5.57 Å². The molecule has 0 bridgehead atoms. The molecule has 2 amide bonds. The Hall–Kier alpha value is -2.25. The molecule has 0 spiro atoms. The number of hydrogen-bond acceptors (Lipinski definition) is 5. The van der Waals surface area contributed by atoms with Gasteiger partial charge in [-0.1, -0.05) is 24.3 Å². The molecule has 0 radical (unpaired) electrons. The van der Waals surface area contributed by atoms with Crippen molar-refractivity contribution in [2.75, 3.05) is 20.1 Å². The molecule has 6 nitrogen and oxygen atoms in total. The van der Waals surface area contributed by atoms with Gasteiger partial charge in [0, 0.05) is 13.1 Å². The lowest BCUT2D eigenvalue weighted by molar-refractivity contribution is -0.139. The molecule has 0 saturated carbocycles. The van der Waals surface area contributed by atoms with Crippen LogP contribution in [0.15, 0.2) is 35.4 Å². The van der Waals surface area contributed by atoms with Crippen molar-refractivity contribution >= 4 is 28.7 Å². The van der Waals surface area contributed by atoms with Gasteiger partial charge in [0.05, 0.1) is 22.1 Å². The lowest BCUT2D eigenvalue weighted by Gasteiger charge is -2.26. The molecule has 0 aromatic carbocycles. The molecule has 1 saturated heterocycles. The summed E-state index contributed by atoms with van der Waals surface area (Å²) in [5, 5.41) is 5.97. The van der Waals surface area contributed by atoms with Crippen LogP contribution in [-0.4, -0.2) is 53.9 Å². The molecule has 2 N–H and O–H groups in total. The SMILES string of the molecule is CN[C@@H](C)C(=O)N1CCCC1C(=O)NCC1=CC=C(c2scnc2C)CC=C1. The fourth-order valence-electron chi connectivity index (χ4n) is 3.55. The first-order valence-electron chi connectivity index (χ1n) is 9.73. The van der Waals surface area contributed by atoms with Gasteiger partial charge in [0.1, 0.15) is 6.04 Å². The second-order valence-corrected chi connectivity index (χ2v) is 8.08. The molecular formula is C21H28N4O2S. The van der Waals surface area contributed by atoms with E-state index in [4.69, 9.17) is 0 Å². The van der Waals surface area contributed by atoms with Crippen molar-refractivity contribution in [1.29, 1.82) is 0 Å². The Labute approximate surface area is 170 Å². The number of hydrogen-bond donors (Lipinski definition) is 2. The zero-order valence-electron chi connectivity index (χ0n) is 16.7. The average molecular weight is 401 g/mol. The highest BCUT2D eigenvalue weighted by Crippen LogP contribution is 2.27. The van der Waals surface area contributed by atoms with E-state index in [2.05, 4.69) is 39.9 Å². The highest BCUT2D eigenvalue weighted by Gasteiger charge is 2.35. The summed E-state index contributed by atoms with van der Waals surface area (Å²) in [6.07, 6.45) is 10.8. The van der Waals surface area contributed by atoms with Gasteiger partial charge in [-0.3, -0.25) is 9.59 Å². The van der Waals surface area contributed by atoms with Crippen LogP contribution in [0.4, 0.5) is 0 Å². The normalized spacial score (nSPS) is 20.4. The summed E-state index contributed by atoms with van der Waals surface area (Å²) in [7, 11) is 1.76. The van der Waals surface area contributed by atoms with Crippen LogP contribution < -0.4 is 10.6 Å². The van der Waals surface area contributed by atoms with Gasteiger partial charge >= 0.3 is 0 Å². The number of nitrogens with zero attached hydrogens (tertiary/aromatic N) is 2. The topological polar surface area (TPSA) is 74.3 Å². The van der Waals surface area contributed by atoms with Gasteiger partial charge in [-0.25, -0.2) is 4.98 Å². The first-order chi connectivity index (χ1) is 13.5. The molecule has 2 atom stereocenters. The van der Waals surface area contributed by atoms with Crippen molar-refractivity contribution in [2.24, 2.45) is 0 Å². The molecule has 150 valence electrons. The number of nitrogens with one attached hydrogen (secondary N) is 2. The van der Waals surface area contributed by atoms with E-state index in [-0.39, 0.29) is 23.9 Å². The predicted octanol–water partition coefficient (Wildman–Crippen LogP) is 2.44. The molecule has 2 aliphatic rings. The minimum absolute atomic E-state index is 0.0127. The quantitative estimate of drug-likeness (QED) is 0.769. The van der Waals surface area contributed by atoms with Gasteiger partial charge < -0.3 is 15.5 Å². The van der Waals surface area contributed by atoms with Gasteiger partial charge in [0.15, 0.2) is 0 Å². The Kier molecular flexibility index (Phi) is 6.80. The van der Waals surface area contributed by atoms with E-state index in [9.17, 15) is 9.59 Å². The zero-order chi connectivity index (χ0) is 20.1. The number of aromatic nitrogens is 1. The first kappa shape index (κ1) is 20.5. The summed E-state index contributed by atoms with van der Waals surface area (Å²) in [4.78, 5) is 32.4. The second-order valence-electron chi connectivity index (χ2n) is 7.22. The summed E-state index contributed by atoms with van der Waals surface area (Å²) < 4.78 is 0. The Morgan fingerprint density at radius 2 is 2.21 bits per heavy atom. The van der Waals surface area contributed by atoms with Crippen LogP contribution in [-0.2, 0) is 9.59 Å². The number of aryl methyl sites for hydroxylation is 1. The number of thiazole rings is 1. The Balaban J connectivity index is 1.61. The van der Waals surface area contributed by atoms with Gasteiger partial charge in [0.2, 0.25) is 11.8 Å². The van der Waals surface area contributed by atoms with Crippen molar-refractivity contribution in [2.45, 2.75) is 45.2 Å². The van der Waals surface area contributed by atoms with Crippen LogP contribution in [0.3, 0.4) is 0 Å². The number of likely N-dealkylation sites (N-methyl/N-ethyl adjacent to an activating group) is 1. The van der Waals surface area contributed by atoms with Crippen LogP contribution in [0.2, 0.25) is 0 Å². The fraction of sp³-hybridized carbons (Fsp3) is 0.476. The number of amides is 2. The van der Waals surface area contributed by atoms with Crippen LogP contribution in [0, 0.1) is 6.92 Å².